The summed E-state index contributed by atoms with van der Waals surface area (Å²) in [6, 6.07) is 11.3. The van der Waals surface area contributed by atoms with Crippen LogP contribution in [0.1, 0.15) is 17.7 Å². The molecule has 6 heteroatoms. The maximum Gasteiger partial charge on any atom is 0.262 e. The first-order valence-corrected chi connectivity index (χ1v) is 8.83. The van der Waals surface area contributed by atoms with Crippen molar-refractivity contribution in [1.29, 1.82) is 0 Å². The number of aliphatic hydroxyl groups is 1. The standard InChI is InChI=1S/C18H19N3O2S/c1-13-6-4-9-19-16(13)12-24-18-20-15-8-3-2-7-14(15)17(23)21(18)10-5-11-22/h2-4,6-9,22H,5,10-12H2,1H3. The summed E-state index contributed by atoms with van der Waals surface area (Å²) in [5.74, 6) is 0.649. The van der Waals surface area contributed by atoms with E-state index in [1.54, 1.807) is 16.8 Å². The second kappa shape index (κ2) is 7.59. The van der Waals surface area contributed by atoms with Crippen LogP contribution in [0.4, 0.5) is 0 Å². The minimum absolute atomic E-state index is 0.0444. The smallest absolute Gasteiger partial charge is 0.262 e. The van der Waals surface area contributed by atoms with Crippen LogP contribution in [0, 0.1) is 6.92 Å². The zero-order chi connectivity index (χ0) is 16.9. The number of hydrogen-bond donors (Lipinski definition) is 1. The molecule has 0 spiro atoms. The lowest BCUT2D eigenvalue weighted by atomic mass is 10.2. The molecule has 2 aromatic heterocycles. The molecule has 0 saturated carbocycles. The fourth-order valence-electron chi connectivity index (χ4n) is 2.49. The number of aryl methyl sites for hydroxylation is 1. The number of para-hydroxylation sites is 1. The van der Waals surface area contributed by atoms with Gasteiger partial charge in [0.05, 0.1) is 16.6 Å². The Labute approximate surface area is 144 Å². The Morgan fingerprint density at radius 3 is 2.83 bits per heavy atom. The van der Waals surface area contributed by atoms with E-state index in [9.17, 15) is 4.79 Å². The molecule has 124 valence electrons. The number of aliphatic hydroxyl groups excluding tert-OH is 1. The monoisotopic (exact) mass is 341 g/mol. The normalized spacial score (nSPS) is 11.1. The summed E-state index contributed by atoms with van der Waals surface area (Å²) < 4.78 is 1.65. The van der Waals surface area contributed by atoms with Gasteiger partial charge in [0.1, 0.15) is 0 Å². The molecule has 0 fully saturated rings. The zero-order valence-corrected chi connectivity index (χ0v) is 14.3. The molecule has 0 bridgehead atoms. The van der Waals surface area contributed by atoms with E-state index in [1.165, 1.54) is 11.8 Å². The molecular weight excluding hydrogens is 322 g/mol. The van der Waals surface area contributed by atoms with E-state index in [0.29, 0.717) is 34.8 Å². The zero-order valence-electron chi connectivity index (χ0n) is 13.5. The highest BCUT2D eigenvalue weighted by molar-refractivity contribution is 7.98. The summed E-state index contributed by atoms with van der Waals surface area (Å²) in [6.07, 6.45) is 2.30. The van der Waals surface area contributed by atoms with Gasteiger partial charge in [-0.2, -0.15) is 0 Å². The predicted molar refractivity (Wildman–Crippen MR) is 96.2 cm³/mol. The molecule has 0 aliphatic heterocycles. The van der Waals surface area contributed by atoms with Crippen LogP contribution in [0.2, 0.25) is 0 Å². The van der Waals surface area contributed by atoms with Crippen LogP contribution in [0.25, 0.3) is 10.9 Å². The molecule has 1 N–H and O–H groups in total. The summed E-state index contributed by atoms with van der Waals surface area (Å²) in [5.41, 5.74) is 2.74. The molecule has 0 aliphatic rings. The third kappa shape index (κ3) is 3.49. The van der Waals surface area contributed by atoms with Gasteiger partial charge in [0.2, 0.25) is 0 Å². The molecule has 0 amide bonds. The van der Waals surface area contributed by atoms with Gasteiger partial charge in [0.15, 0.2) is 5.16 Å². The van der Waals surface area contributed by atoms with Crippen LogP contribution < -0.4 is 5.56 Å². The first-order chi connectivity index (χ1) is 11.7. The van der Waals surface area contributed by atoms with Crippen LogP contribution in [0.3, 0.4) is 0 Å². The predicted octanol–water partition coefficient (Wildman–Crippen LogP) is 2.77. The molecule has 24 heavy (non-hydrogen) atoms. The second-order valence-corrected chi connectivity index (χ2v) is 6.44. The molecule has 0 aliphatic carbocycles. The van der Waals surface area contributed by atoms with E-state index in [1.807, 2.05) is 37.3 Å². The summed E-state index contributed by atoms with van der Waals surface area (Å²) in [6.45, 7) is 2.52. The highest BCUT2D eigenvalue weighted by Gasteiger charge is 2.12. The number of aromatic nitrogens is 3. The van der Waals surface area contributed by atoms with Crippen molar-refractivity contribution in [3.8, 4) is 0 Å². The van der Waals surface area contributed by atoms with E-state index in [4.69, 9.17) is 5.11 Å². The maximum atomic E-state index is 12.7. The van der Waals surface area contributed by atoms with E-state index in [0.717, 1.165) is 11.3 Å². The van der Waals surface area contributed by atoms with Crippen LogP contribution in [0.5, 0.6) is 0 Å². The Bertz CT molecular complexity index is 908. The van der Waals surface area contributed by atoms with Gasteiger partial charge in [-0.25, -0.2) is 4.98 Å². The fourth-order valence-corrected chi connectivity index (χ4v) is 3.55. The number of fused-ring (bicyclic) bond motifs is 1. The minimum atomic E-state index is -0.0608. The molecule has 0 unspecified atom stereocenters. The SMILES string of the molecule is Cc1cccnc1CSc1nc2ccccc2c(=O)n1CCCO. The lowest BCUT2D eigenvalue weighted by molar-refractivity contribution is 0.276. The van der Waals surface area contributed by atoms with Crippen molar-refractivity contribution in [2.75, 3.05) is 6.61 Å². The van der Waals surface area contributed by atoms with Crippen molar-refractivity contribution in [2.24, 2.45) is 0 Å². The largest absolute Gasteiger partial charge is 0.396 e. The van der Waals surface area contributed by atoms with Gasteiger partial charge >= 0.3 is 0 Å². The van der Waals surface area contributed by atoms with E-state index >= 15 is 0 Å². The first kappa shape index (κ1) is 16.7. The summed E-state index contributed by atoms with van der Waals surface area (Å²) in [7, 11) is 0. The minimum Gasteiger partial charge on any atom is -0.396 e. The lowest BCUT2D eigenvalue weighted by Gasteiger charge is -2.13. The molecule has 0 saturated heterocycles. The van der Waals surface area contributed by atoms with Crippen molar-refractivity contribution in [1.82, 2.24) is 14.5 Å². The van der Waals surface area contributed by atoms with Gasteiger partial charge in [0, 0.05) is 25.1 Å². The Hall–Kier alpha value is -2.18. The van der Waals surface area contributed by atoms with Crippen LogP contribution in [-0.4, -0.2) is 26.2 Å². The van der Waals surface area contributed by atoms with Gasteiger partial charge in [-0.05, 0) is 37.1 Å². The average Bonchev–Trinajstić information content (AvgIpc) is 2.60. The average molecular weight is 341 g/mol. The molecule has 3 aromatic rings. The van der Waals surface area contributed by atoms with Crippen molar-refractivity contribution in [2.45, 2.75) is 30.8 Å². The quantitative estimate of drug-likeness (QED) is 0.551. The number of thioether (sulfide) groups is 1. The fraction of sp³-hybridized carbons (Fsp3) is 0.278. The maximum absolute atomic E-state index is 12.7. The lowest BCUT2D eigenvalue weighted by Crippen LogP contribution is -2.24. The topological polar surface area (TPSA) is 68.0 Å². The van der Waals surface area contributed by atoms with Crippen LogP contribution in [-0.2, 0) is 12.3 Å². The molecular formula is C18H19N3O2S. The molecule has 1 aromatic carbocycles. The number of pyridine rings is 1. The van der Waals surface area contributed by atoms with Crippen molar-refractivity contribution < 1.29 is 5.11 Å². The van der Waals surface area contributed by atoms with Crippen molar-refractivity contribution in [3.05, 3.63) is 64.2 Å². The van der Waals surface area contributed by atoms with Gasteiger partial charge in [-0.1, -0.05) is 30.0 Å². The van der Waals surface area contributed by atoms with Gasteiger partial charge in [-0.3, -0.25) is 14.3 Å². The van der Waals surface area contributed by atoms with Crippen LogP contribution in [0.15, 0.2) is 52.5 Å². The van der Waals surface area contributed by atoms with E-state index in [-0.39, 0.29) is 12.2 Å². The Kier molecular flexibility index (Phi) is 5.27. The number of nitrogens with zero attached hydrogens (tertiary/aromatic N) is 3. The van der Waals surface area contributed by atoms with Crippen molar-refractivity contribution >= 4 is 22.7 Å². The number of hydrogen-bond acceptors (Lipinski definition) is 5. The molecule has 3 rings (SSSR count). The first-order valence-electron chi connectivity index (χ1n) is 7.84. The number of rotatable bonds is 6. The summed E-state index contributed by atoms with van der Waals surface area (Å²) in [5, 5.41) is 10.4. The van der Waals surface area contributed by atoms with Gasteiger partial charge in [-0.15, -0.1) is 0 Å². The Morgan fingerprint density at radius 2 is 2.04 bits per heavy atom. The third-order valence-corrected chi connectivity index (χ3v) is 4.81. The molecule has 2 heterocycles. The Morgan fingerprint density at radius 1 is 1.21 bits per heavy atom. The van der Waals surface area contributed by atoms with E-state index in [2.05, 4.69) is 9.97 Å². The van der Waals surface area contributed by atoms with Crippen LogP contribution >= 0.6 is 11.8 Å². The van der Waals surface area contributed by atoms with E-state index < -0.39 is 0 Å². The van der Waals surface area contributed by atoms with Crippen molar-refractivity contribution in [3.63, 3.8) is 0 Å². The van der Waals surface area contributed by atoms with Gasteiger partial charge in [0.25, 0.3) is 5.56 Å². The van der Waals surface area contributed by atoms with Gasteiger partial charge < -0.3 is 5.11 Å². The molecule has 5 nitrogen and oxygen atoms in total. The Balaban J connectivity index is 1.98. The molecule has 0 atom stereocenters. The third-order valence-electron chi connectivity index (χ3n) is 3.82. The highest BCUT2D eigenvalue weighted by atomic mass is 32.2. The highest BCUT2D eigenvalue weighted by Crippen LogP contribution is 2.22. The summed E-state index contributed by atoms with van der Waals surface area (Å²) in [4.78, 5) is 21.8. The second-order valence-electron chi connectivity index (χ2n) is 5.50. The summed E-state index contributed by atoms with van der Waals surface area (Å²) >= 11 is 1.50. The molecule has 0 radical (unpaired) electrons. The number of benzene rings is 1.